The van der Waals surface area contributed by atoms with Gasteiger partial charge in [-0.15, -0.1) is 0 Å². The van der Waals surface area contributed by atoms with E-state index < -0.39 is 20.0 Å². The summed E-state index contributed by atoms with van der Waals surface area (Å²) >= 11 is 0. The zero-order valence-corrected chi connectivity index (χ0v) is 17.6. The van der Waals surface area contributed by atoms with Crippen LogP contribution >= 0.6 is 0 Å². The molecule has 0 aliphatic heterocycles. The number of rotatable bonds is 4. The Kier molecular flexibility index (Phi) is 6.01. The number of aliphatic hydroxyl groups excluding tert-OH is 1. The van der Waals surface area contributed by atoms with Gasteiger partial charge in [-0.05, 0) is 49.2 Å². The molecule has 2 N–H and O–H groups in total. The molecule has 0 bridgehead atoms. The summed E-state index contributed by atoms with van der Waals surface area (Å²) in [6, 6.07) is 0. The molecule has 1 rings (SSSR count). The van der Waals surface area contributed by atoms with Crippen molar-refractivity contribution in [2.75, 3.05) is 0 Å². The van der Waals surface area contributed by atoms with E-state index in [1.54, 1.807) is 13.0 Å². The number of hydrogen-bond donors (Lipinski definition) is 2. The fourth-order valence-corrected chi connectivity index (χ4v) is 4.78. The van der Waals surface area contributed by atoms with Gasteiger partial charge in [-0.1, -0.05) is 53.7 Å². The van der Waals surface area contributed by atoms with Gasteiger partial charge in [0.15, 0.2) is 8.32 Å². The van der Waals surface area contributed by atoms with E-state index in [-0.39, 0.29) is 22.5 Å². The summed E-state index contributed by atoms with van der Waals surface area (Å²) in [7, 11) is -1.81. The van der Waals surface area contributed by atoms with Gasteiger partial charge >= 0.3 is 0 Å². The number of hydrogen-bond acceptors (Lipinski definition) is 3. The monoisotopic (exact) mass is 342 g/mol. The summed E-state index contributed by atoms with van der Waals surface area (Å²) < 4.78 is 6.62. The SMILES string of the molecule is CC(O)/C=C/[C@@]1(O)[C@@H](C)C[C@@H](O[Si](C)(C)C(C)(C)C)CC1(C)C. The molecule has 1 aliphatic carbocycles. The molecule has 0 saturated heterocycles. The lowest BCUT2D eigenvalue weighted by Gasteiger charge is -2.53. The van der Waals surface area contributed by atoms with Gasteiger partial charge in [-0.25, -0.2) is 0 Å². The Hall–Kier alpha value is -0.163. The second-order valence-electron chi connectivity index (χ2n) is 9.65. The fraction of sp³-hybridized carbons (Fsp3) is 0.895. The average molecular weight is 343 g/mol. The van der Waals surface area contributed by atoms with Gasteiger partial charge in [0.2, 0.25) is 0 Å². The molecule has 136 valence electrons. The summed E-state index contributed by atoms with van der Waals surface area (Å²) in [5.41, 5.74) is -1.19. The van der Waals surface area contributed by atoms with E-state index in [4.69, 9.17) is 4.43 Å². The third-order valence-electron chi connectivity index (χ3n) is 6.09. The molecule has 0 aromatic rings. The molecule has 23 heavy (non-hydrogen) atoms. The fourth-order valence-electron chi connectivity index (χ4n) is 3.42. The third kappa shape index (κ3) is 4.47. The first-order valence-corrected chi connectivity index (χ1v) is 11.8. The first-order valence-electron chi connectivity index (χ1n) is 8.90. The predicted octanol–water partition coefficient (Wildman–Crippen LogP) is 4.50. The molecule has 4 atom stereocenters. The zero-order chi connectivity index (χ0) is 18.3. The van der Waals surface area contributed by atoms with E-state index in [1.807, 2.05) is 6.08 Å². The smallest absolute Gasteiger partial charge is 0.192 e. The summed E-state index contributed by atoms with van der Waals surface area (Å²) in [6.07, 6.45) is 4.86. The highest BCUT2D eigenvalue weighted by Crippen LogP contribution is 2.50. The molecule has 4 heteroatoms. The van der Waals surface area contributed by atoms with E-state index in [9.17, 15) is 10.2 Å². The molecule has 1 aliphatic rings. The van der Waals surface area contributed by atoms with Crippen molar-refractivity contribution in [3.05, 3.63) is 12.2 Å². The van der Waals surface area contributed by atoms with Crippen LogP contribution in [0.4, 0.5) is 0 Å². The van der Waals surface area contributed by atoms with E-state index in [1.165, 1.54) is 0 Å². The van der Waals surface area contributed by atoms with Gasteiger partial charge in [0.05, 0.1) is 11.7 Å². The molecule has 1 unspecified atom stereocenters. The van der Waals surface area contributed by atoms with E-state index in [0.717, 1.165) is 12.8 Å². The van der Waals surface area contributed by atoms with Crippen LogP contribution < -0.4 is 0 Å². The van der Waals surface area contributed by atoms with Crippen LogP contribution in [-0.4, -0.2) is 36.3 Å². The zero-order valence-electron chi connectivity index (χ0n) is 16.6. The normalized spacial score (nSPS) is 33.9. The predicted molar refractivity (Wildman–Crippen MR) is 100 cm³/mol. The Labute approximate surface area is 144 Å². The Morgan fingerprint density at radius 2 is 1.78 bits per heavy atom. The molecule has 0 radical (unpaired) electrons. The number of aliphatic hydroxyl groups is 2. The average Bonchev–Trinajstić information content (AvgIpc) is 2.31. The van der Waals surface area contributed by atoms with Crippen LogP contribution in [0, 0.1) is 11.3 Å². The lowest BCUT2D eigenvalue weighted by atomic mass is 9.60. The van der Waals surface area contributed by atoms with Crippen molar-refractivity contribution in [1.82, 2.24) is 0 Å². The van der Waals surface area contributed by atoms with E-state index in [0.29, 0.717) is 0 Å². The molecule has 3 nitrogen and oxygen atoms in total. The topological polar surface area (TPSA) is 49.7 Å². The molecule has 0 heterocycles. The van der Waals surface area contributed by atoms with E-state index in [2.05, 4.69) is 54.6 Å². The summed E-state index contributed by atoms with van der Waals surface area (Å²) in [5, 5.41) is 21.0. The summed E-state index contributed by atoms with van der Waals surface area (Å²) in [6.45, 7) is 19.4. The second kappa shape index (κ2) is 6.62. The van der Waals surface area contributed by atoms with Crippen LogP contribution in [0.5, 0.6) is 0 Å². The maximum Gasteiger partial charge on any atom is 0.192 e. The van der Waals surface area contributed by atoms with Crippen LogP contribution in [-0.2, 0) is 4.43 Å². The highest BCUT2D eigenvalue weighted by Gasteiger charge is 2.52. The minimum Gasteiger partial charge on any atom is -0.414 e. The van der Waals surface area contributed by atoms with Crippen LogP contribution in [0.3, 0.4) is 0 Å². The molecular weight excluding hydrogens is 304 g/mol. The molecule has 0 aromatic heterocycles. The Morgan fingerprint density at radius 1 is 1.26 bits per heavy atom. The maximum absolute atomic E-state index is 11.3. The van der Waals surface area contributed by atoms with Crippen molar-refractivity contribution in [2.45, 2.75) is 97.2 Å². The minimum absolute atomic E-state index is 0.0935. The second-order valence-corrected chi connectivity index (χ2v) is 14.4. The van der Waals surface area contributed by atoms with Gasteiger partial charge in [-0.2, -0.15) is 0 Å². The van der Waals surface area contributed by atoms with Crippen molar-refractivity contribution < 1.29 is 14.6 Å². The Balaban J connectivity index is 2.97. The summed E-state index contributed by atoms with van der Waals surface area (Å²) in [5.74, 6) is 0.0935. The largest absolute Gasteiger partial charge is 0.414 e. The van der Waals surface area contributed by atoms with Crippen molar-refractivity contribution >= 4 is 8.32 Å². The van der Waals surface area contributed by atoms with Gasteiger partial charge < -0.3 is 14.6 Å². The summed E-state index contributed by atoms with van der Waals surface area (Å²) in [4.78, 5) is 0. The van der Waals surface area contributed by atoms with Crippen LogP contribution in [0.2, 0.25) is 18.1 Å². The van der Waals surface area contributed by atoms with Gasteiger partial charge in [-0.3, -0.25) is 0 Å². The molecule has 0 amide bonds. The first-order chi connectivity index (χ1) is 10.1. The standard InChI is InChI=1S/C19H38O3Si/c1-14-12-16(22-23(8,9)17(3,4)5)13-18(6,7)19(14,21)11-10-15(2)20/h10-11,14-16,20-21H,12-13H2,1-9H3/b11-10+/t14-,15?,16+,19+/m0/s1. The highest BCUT2D eigenvalue weighted by atomic mass is 28.4. The maximum atomic E-state index is 11.3. The molecule has 0 aromatic carbocycles. The quantitative estimate of drug-likeness (QED) is 0.584. The van der Waals surface area contributed by atoms with Crippen molar-refractivity contribution in [2.24, 2.45) is 11.3 Å². The molecule has 1 saturated carbocycles. The van der Waals surface area contributed by atoms with Crippen molar-refractivity contribution in [3.63, 3.8) is 0 Å². The van der Waals surface area contributed by atoms with Crippen LogP contribution in [0.25, 0.3) is 0 Å². The van der Waals surface area contributed by atoms with Crippen molar-refractivity contribution in [1.29, 1.82) is 0 Å². The van der Waals surface area contributed by atoms with Gasteiger partial charge in [0, 0.05) is 6.10 Å². The van der Waals surface area contributed by atoms with Crippen LogP contribution in [0.15, 0.2) is 12.2 Å². The first kappa shape index (κ1) is 20.9. The highest BCUT2D eigenvalue weighted by molar-refractivity contribution is 6.74. The van der Waals surface area contributed by atoms with E-state index >= 15 is 0 Å². The molecule has 1 fully saturated rings. The Morgan fingerprint density at radius 3 is 2.17 bits per heavy atom. The molecular formula is C19H38O3Si. The van der Waals surface area contributed by atoms with Crippen molar-refractivity contribution in [3.8, 4) is 0 Å². The minimum atomic E-state index is -1.81. The van der Waals surface area contributed by atoms with Gasteiger partial charge in [0.1, 0.15) is 0 Å². The molecule has 0 spiro atoms. The lowest BCUT2D eigenvalue weighted by molar-refractivity contribution is -0.125. The Bertz CT molecular complexity index is 434. The lowest BCUT2D eigenvalue weighted by Crippen LogP contribution is -2.57. The van der Waals surface area contributed by atoms with Crippen LogP contribution in [0.1, 0.15) is 61.3 Å². The van der Waals surface area contributed by atoms with Gasteiger partial charge in [0.25, 0.3) is 0 Å². The third-order valence-corrected chi connectivity index (χ3v) is 10.6.